The van der Waals surface area contributed by atoms with Gasteiger partial charge in [0, 0.05) is 31.0 Å². The molecule has 166 valence electrons. The summed E-state index contributed by atoms with van der Waals surface area (Å²) in [6.45, 7) is 10.1. The molecule has 2 aromatic rings. The molecule has 7 heteroatoms. The lowest BCUT2D eigenvalue weighted by Gasteiger charge is -2.37. The van der Waals surface area contributed by atoms with E-state index in [9.17, 15) is 14.9 Å². The highest BCUT2D eigenvalue weighted by Gasteiger charge is 2.33. The minimum absolute atomic E-state index is 0.0364. The Labute approximate surface area is 182 Å². The van der Waals surface area contributed by atoms with Gasteiger partial charge in [-0.2, -0.15) is 0 Å². The summed E-state index contributed by atoms with van der Waals surface area (Å²) < 4.78 is 17.6. The van der Waals surface area contributed by atoms with Gasteiger partial charge in [0.15, 0.2) is 0 Å². The number of non-ortho nitro benzene ring substituents is 1. The van der Waals surface area contributed by atoms with E-state index in [1.165, 1.54) is 19.1 Å². The monoisotopic (exact) mass is 427 g/mol. The summed E-state index contributed by atoms with van der Waals surface area (Å²) in [6.07, 6.45) is 2.28. The smallest absolute Gasteiger partial charge is 0.308 e. The standard InChI is InChI=1S/C24H29NO6/c1-16(26)30-22-14-17-10-11-24(5,31-21(17)15-20(22)23(2,3)4)12-13-29-19-8-6-18(7-9-19)25(27)28/h6-9,14-15H,10-13H2,1-5H3. The molecule has 0 aromatic heterocycles. The molecule has 1 unspecified atom stereocenters. The predicted octanol–water partition coefficient (Wildman–Crippen LogP) is 5.37. The summed E-state index contributed by atoms with van der Waals surface area (Å²) in [5.74, 6) is 1.65. The topological polar surface area (TPSA) is 87.9 Å². The summed E-state index contributed by atoms with van der Waals surface area (Å²) in [6, 6.07) is 9.97. The number of ether oxygens (including phenoxy) is 3. The number of benzene rings is 2. The van der Waals surface area contributed by atoms with Crippen molar-refractivity contribution in [3.63, 3.8) is 0 Å². The van der Waals surface area contributed by atoms with E-state index in [2.05, 4.69) is 27.7 Å². The summed E-state index contributed by atoms with van der Waals surface area (Å²) >= 11 is 0. The summed E-state index contributed by atoms with van der Waals surface area (Å²) in [7, 11) is 0. The largest absolute Gasteiger partial charge is 0.493 e. The zero-order valence-corrected chi connectivity index (χ0v) is 18.7. The predicted molar refractivity (Wildman–Crippen MR) is 117 cm³/mol. The number of hydrogen-bond donors (Lipinski definition) is 0. The first kappa shape index (κ1) is 22.6. The van der Waals surface area contributed by atoms with Crippen molar-refractivity contribution in [1.82, 2.24) is 0 Å². The first-order valence-corrected chi connectivity index (χ1v) is 10.4. The molecule has 31 heavy (non-hydrogen) atoms. The van der Waals surface area contributed by atoms with Gasteiger partial charge >= 0.3 is 5.97 Å². The molecule has 7 nitrogen and oxygen atoms in total. The Balaban J connectivity index is 1.71. The third-order valence-corrected chi connectivity index (χ3v) is 5.45. The number of hydrogen-bond acceptors (Lipinski definition) is 6. The lowest BCUT2D eigenvalue weighted by atomic mass is 9.83. The van der Waals surface area contributed by atoms with Crippen LogP contribution >= 0.6 is 0 Å². The Bertz CT molecular complexity index is 977. The molecule has 1 aliphatic rings. The van der Waals surface area contributed by atoms with Crippen molar-refractivity contribution in [1.29, 1.82) is 0 Å². The average molecular weight is 427 g/mol. The Kier molecular flexibility index (Phi) is 6.25. The molecule has 0 amide bonds. The number of nitro benzene ring substituents is 1. The molecule has 1 heterocycles. The van der Waals surface area contributed by atoms with Crippen LogP contribution in [0.15, 0.2) is 36.4 Å². The van der Waals surface area contributed by atoms with Crippen molar-refractivity contribution in [2.75, 3.05) is 6.61 Å². The molecular formula is C24H29NO6. The molecule has 0 spiro atoms. The highest BCUT2D eigenvalue weighted by atomic mass is 16.6. The van der Waals surface area contributed by atoms with Crippen molar-refractivity contribution < 1.29 is 23.9 Å². The maximum atomic E-state index is 11.5. The lowest BCUT2D eigenvalue weighted by Crippen LogP contribution is -2.38. The van der Waals surface area contributed by atoms with E-state index < -0.39 is 10.5 Å². The average Bonchev–Trinajstić information content (AvgIpc) is 2.67. The second-order valence-electron chi connectivity index (χ2n) is 9.20. The van der Waals surface area contributed by atoms with Crippen LogP contribution in [0.1, 0.15) is 58.6 Å². The molecule has 2 aromatic carbocycles. The normalized spacial score (nSPS) is 18.0. The summed E-state index contributed by atoms with van der Waals surface area (Å²) in [4.78, 5) is 21.9. The molecule has 0 bridgehead atoms. The van der Waals surface area contributed by atoms with Gasteiger partial charge < -0.3 is 14.2 Å². The van der Waals surface area contributed by atoms with Crippen LogP contribution in [0.4, 0.5) is 5.69 Å². The van der Waals surface area contributed by atoms with Crippen molar-refractivity contribution in [3.05, 3.63) is 57.6 Å². The Morgan fingerprint density at radius 1 is 1.23 bits per heavy atom. The highest BCUT2D eigenvalue weighted by Crippen LogP contribution is 2.42. The molecule has 0 saturated carbocycles. The van der Waals surface area contributed by atoms with E-state index in [1.807, 2.05) is 12.1 Å². The minimum Gasteiger partial charge on any atom is -0.493 e. The molecule has 3 rings (SSSR count). The van der Waals surface area contributed by atoms with Gasteiger partial charge in [-0.3, -0.25) is 14.9 Å². The molecule has 1 atom stereocenters. The van der Waals surface area contributed by atoms with Gasteiger partial charge in [0.25, 0.3) is 5.69 Å². The van der Waals surface area contributed by atoms with Crippen molar-refractivity contribution >= 4 is 11.7 Å². The number of carbonyl (C=O) groups excluding carboxylic acids is 1. The van der Waals surface area contributed by atoms with Gasteiger partial charge in [-0.25, -0.2) is 0 Å². The second-order valence-corrected chi connectivity index (χ2v) is 9.20. The number of nitrogens with zero attached hydrogens (tertiary/aromatic N) is 1. The van der Waals surface area contributed by atoms with Crippen LogP contribution in [-0.2, 0) is 16.6 Å². The minimum atomic E-state index is -0.434. The van der Waals surface area contributed by atoms with Gasteiger partial charge in [-0.05, 0) is 55.0 Å². The first-order valence-electron chi connectivity index (χ1n) is 10.4. The van der Waals surface area contributed by atoms with Gasteiger partial charge in [0.05, 0.1) is 11.5 Å². The number of rotatable bonds is 6. The molecule has 1 aliphatic heterocycles. The third-order valence-electron chi connectivity index (χ3n) is 5.45. The van der Waals surface area contributed by atoms with Gasteiger partial charge in [-0.15, -0.1) is 0 Å². The molecule has 0 saturated heterocycles. The van der Waals surface area contributed by atoms with Crippen LogP contribution in [0.25, 0.3) is 0 Å². The fourth-order valence-corrected chi connectivity index (χ4v) is 3.66. The van der Waals surface area contributed by atoms with E-state index >= 15 is 0 Å². The first-order chi connectivity index (χ1) is 14.5. The highest BCUT2D eigenvalue weighted by molar-refractivity contribution is 5.70. The molecule has 0 radical (unpaired) electrons. The summed E-state index contributed by atoms with van der Waals surface area (Å²) in [5.41, 5.74) is 1.38. The van der Waals surface area contributed by atoms with E-state index in [4.69, 9.17) is 14.2 Å². The van der Waals surface area contributed by atoms with Crippen LogP contribution in [0.3, 0.4) is 0 Å². The van der Waals surface area contributed by atoms with E-state index in [0.717, 1.165) is 29.7 Å². The number of fused-ring (bicyclic) bond motifs is 1. The number of esters is 1. The second kappa shape index (κ2) is 8.57. The van der Waals surface area contributed by atoms with Crippen molar-refractivity contribution in [3.8, 4) is 17.2 Å². The van der Waals surface area contributed by atoms with Gasteiger partial charge in [-0.1, -0.05) is 20.8 Å². The number of carbonyl (C=O) groups is 1. The maximum Gasteiger partial charge on any atom is 0.308 e. The molecule has 0 fully saturated rings. The SMILES string of the molecule is CC(=O)Oc1cc2c(cc1C(C)(C)C)OC(C)(CCOc1ccc([N+](=O)[O-])cc1)CC2. The Hall–Kier alpha value is -3.09. The van der Waals surface area contributed by atoms with Crippen LogP contribution in [-0.4, -0.2) is 23.1 Å². The zero-order chi connectivity index (χ0) is 22.8. The fourth-order valence-electron chi connectivity index (χ4n) is 3.66. The summed E-state index contributed by atoms with van der Waals surface area (Å²) in [5, 5.41) is 10.8. The van der Waals surface area contributed by atoms with Crippen LogP contribution in [0.2, 0.25) is 0 Å². The number of nitro groups is 1. The lowest BCUT2D eigenvalue weighted by molar-refractivity contribution is -0.384. The third kappa shape index (κ3) is 5.54. The quantitative estimate of drug-likeness (QED) is 0.266. The van der Waals surface area contributed by atoms with Crippen LogP contribution < -0.4 is 14.2 Å². The zero-order valence-electron chi connectivity index (χ0n) is 18.7. The molecular weight excluding hydrogens is 398 g/mol. The molecule has 0 aliphatic carbocycles. The van der Waals surface area contributed by atoms with Gasteiger partial charge in [0.2, 0.25) is 0 Å². The van der Waals surface area contributed by atoms with Crippen molar-refractivity contribution in [2.24, 2.45) is 0 Å². The number of aryl methyl sites for hydroxylation is 1. The molecule has 0 N–H and O–H groups in total. The van der Waals surface area contributed by atoms with E-state index in [-0.39, 0.29) is 17.1 Å². The maximum absolute atomic E-state index is 11.5. The van der Waals surface area contributed by atoms with Crippen LogP contribution in [0, 0.1) is 10.1 Å². The van der Waals surface area contributed by atoms with E-state index in [0.29, 0.717) is 24.5 Å². The van der Waals surface area contributed by atoms with Crippen LogP contribution in [0.5, 0.6) is 17.2 Å². The Morgan fingerprint density at radius 2 is 1.90 bits per heavy atom. The van der Waals surface area contributed by atoms with E-state index in [1.54, 1.807) is 12.1 Å². The van der Waals surface area contributed by atoms with Crippen molar-refractivity contribution in [2.45, 2.75) is 64.9 Å². The fraction of sp³-hybridized carbons (Fsp3) is 0.458. The Morgan fingerprint density at radius 3 is 2.48 bits per heavy atom. The van der Waals surface area contributed by atoms with Gasteiger partial charge in [0.1, 0.15) is 22.8 Å².